The zero-order valence-electron chi connectivity index (χ0n) is 28.5. The molecule has 0 fully saturated rings. The summed E-state index contributed by atoms with van der Waals surface area (Å²) >= 11 is 0. The Bertz CT molecular complexity index is 3240. The van der Waals surface area contributed by atoms with E-state index in [1.165, 1.54) is 32.3 Å². The first-order chi connectivity index (χ1) is 26.2. The largest absolute Gasteiger partial charge is 0.455 e. The van der Waals surface area contributed by atoms with Gasteiger partial charge in [-0.2, -0.15) is 0 Å². The number of rotatable bonds is 4. The first-order valence-electron chi connectivity index (χ1n) is 17.9. The van der Waals surface area contributed by atoms with Gasteiger partial charge in [0.2, 0.25) is 0 Å². The number of hydrogen-bond acceptors (Lipinski definition) is 4. The van der Waals surface area contributed by atoms with Gasteiger partial charge in [-0.25, -0.2) is 15.0 Å². The van der Waals surface area contributed by atoms with Gasteiger partial charge in [0, 0.05) is 33.0 Å². The van der Waals surface area contributed by atoms with Gasteiger partial charge in [-0.15, -0.1) is 0 Å². The second kappa shape index (κ2) is 11.7. The second-order valence-electron chi connectivity index (χ2n) is 13.6. The molecule has 0 radical (unpaired) electrons. The Labute approximate surface area is 304 Å². The third-order valence-corrected chi connectivity index (χ3v) is 10.5. The standard InChI is InChI=1S/C49H29N3O/c1-2-13-31(14-3-1)47-50-48(35-23-22-30-12-4-5-15-32(30)26-35)52-49(51-47)36-24-25-41-43-28-34-17-7-9-19-38(34)45(46(43)53-44(41)29-36)42-27-33-16-6-8-18-37(33)39-20-10-11-21-40(39)42/h1-29H. The van der Waals surface area contributed by atoms with Crippen molar-refractivity contribution in [1.82, 2.24) is 15.0 Å². The Morgan fingerprint density at radius 3 is 1.66 bits per heavy atom. The molecule has 9 aromatic carbocycles. The van der Waals surface area contributed by atoms with Crippen molar-refractivity contribution in [3.63, 3.8) is 0 Å². The molecule has 0 aliphatic heterocycles. The highest BCUT2D eigenvalue weighted by Crippen LogP contribution is 2.45. The van der Waals surface area contributed by atoms with E-state index in [1.807, 2.05) is 30.3 Å². The minimum Gasteiger partial charge on any atom is -0.455 e. The number of aromatic nitrogens is 3. The topological polar surface area (TPSA) is 51.8 Å². The lowest BCUT2D eigenvalue weighted by molar-refractivity contribution is 0.670. The van der Waals surface area contributed by atoms with Gasteiger partial charge in [-0.05, 0) is 79.0 Å². The highest BCUT2D eigenvalue weighted by molar-refractivity contribution is 6.23. The molecule has 246 valence electrons. The van der Waals surface area contributed by atoms with Gasteiger partial charge in [0.1, 0.15) is 11.2 Å². The van der Waals surface area contributed by atoms with Crippen LogP contribution in [-0.4, -0.2) is 15.0 Å². The molecule has 0 saturated carbocycles. The lowest BCUT2D eigenvalue weighted by atomic mass is 9.89. The molecule has 11 rings (SSSR count). The molecular formula is C49H29N3O. The fourth-order valence-corrected chi connectivity index (χ4v) is 7.92. The highest BCUT2D eigenvalue weighted by atomic mass is 16.3. The number of hydrogen-bond donors (Lipinski definition) is 0. The maximum atomic E-state index is 6.98. The first kappa shape index (κ1) is 29.5. The average Bonchev–Trinajstić information content (AvgIpc) is 3.60. The predicted octanol–water partition coefficient (Wildman–Crippen LogP) is 13.1. The summed E-state index contributed by atoms with van der Waals surface area (Å²) in [7, 11) is 0. The summed E-state index contributed by atoms with van der Waals surface area (Å²) in [4.78, 5) is 15.1. The van der Waals surface area contributed by atoms with Crippen molar-refractivity contribution in [3.05, 3.63) is 176 Å². The monoisotopic (exact) mass is 675 g/mol. The summed E-state index contributed by atoms with van der Waals surface area (Å²) in [6, 6.07) is 61.6. The molecule has 0 bridgehead atoms. The molecule has 0 spiro atoms. The minimum absolute atomic E-state index is 0.593. The number of benzene rings is 9. The number of nitrogens with zero attached hydrogens (tertiary/aromatic N) is 3. The summed E-state index contributed by atoms with van der Waals surface area (Å²) in [6.45, 7) is 0. The smallest absolute Gasteiger partial charge is 0.164 e. The second-order valence-corrected chi connectivity index (χ2v) is 13.6. The lowest BCUT2D eigenvalue weighted by Gasteiger charge is -2.14. The van der Waals surface area contributed by atoms with Crippen LogP contribution in [0.4, 0.5) is 0 Å². The van der Waals surface area contributed by atoms with Crippen LogP contribution in [0.5, 0.6) is 0 Å². The summed E-state index contributed by atoms with van der Waals surface area (Å²) in [5.41, 5.74) is 6.64. The minimum atomic E-state index is 0.593. The van der Waals surface area contributed by atoms with Crippen molar-refractivity contribution in [2.45, 2.75) is 0 Å². The lowest BCUT2D eigenvalue weighted by Crippen LogP contribution is -2.00. The summed E-state index contributed by atoms with van der Waals surface area (Å²) in [5, 5.41) is 11.6. The zero-order valence-corrected chi connectivity index (χ0v) is 28.5. The van der Waals surface area contributed by atoms with Crippen LogP contribution in [0.2, 0.25) is 0 Å². The van der Waals surface area contributed by atoms with E-state index in [4.69, 9.17) is 19.4 Å². The van der Waals surface area contributed by atoms with Crippen LogP contribution >= 0.6 is 0 Å². The fourth-order valence-electron chi connectivity index (χ4n) is 7.92. The summed E-state index contributed by atoms with van der Waals surface area (Å²) in [5.74, 6) is 1.84. The molecule has 0 amide bonds. The molecular weight excluding hydrogens is 647 g/mol. The van der Waals surface area contributed by atoms with Gasteiger partial charge in [0.25, 0.3) is 0 Å². The van der Waals surface area contributed by atoms with E-state index < -0.39 is 0 Å². The van der Waals surface area contributed by atoms with E-state index in [0.717, 1.165) is 60.5 Å². The molecule has 0 aliphatic rings. The van der Waals surface area contributed by atoms with E-state index in [2.05, 4.69) is 146 Å². The van der Waals surface area contributed by atoms with Crippen LogP contribution in [0, 0.1) is 0 Å². The Balaban J connectivity index is 1.15. The van der Waals surface area contributed by atoms with Crippen molar-refractivity contribution < 1.29 is 4.42 Å². The fraction of sp³-hybridized carbons (Fsp3) is 0. The molecule has 0 atom stereocenters. The molecule has 0 aliphatic carbocycles. The maximum absolute atomic E-state index is 6.98. The highest BCUT2D eigenvalue weighted by Gasteiger charge is 2.20. The average molecular weight is 676 g/mol. The molecule has 11 aromatic rings. The zero-order chi connectivity index (χ0) is 34.9. The molecule has 2 aromatic heterocycles. The van der Waals surface area contributed by atoms with Crippen LogP contribution in [0.3, 0.4) is 0 Å². The van der Waals surface area contributed by atoms with E-state index in [-0.39, 0.29) is 0 Å². The van der Waals surface area contributed by atoms with E-state index >= 15 is 0 Å². The van der Waals surface area contributed by atoms with Gasteiger partial charge < -0.3 is 4.42 Å². The number of fused-ring (bicyclic) bond motifs is 8. The van der Waals surface area contributed by atoms with Gasteiger partial charge in [0.15, 0.2) is 17.5 Å². The van der Waals surface area contributed by atoms with Gasteiger partial charge in [-0.1, -0.05) is 146 Å². The van der Waals surface area contributed by atoms with E-state index in [0.29, 0.717) is 17.5 Å². The normalized spacial score (nSPS) is 11.8. The molecule has 0 saturated heterocycles. The van der Waals surface area contributed by atoms with E-state index in [1.54, 1.807) is 0 Å². The summed E-state index contributed by atoms with van der Waals surface area (Å²) in [6.07, 6.45) is 0. The first-order valence-corrected chi connectivity index (χ1v) is 17.9. The molecule has 2 heterocycles. The Kier molecular flexibility index (Phi) is 6.52. The van der Waals surface area contributed by atoms with Crippen LogP contribution in [-0.2, 0) is 0 Å². The van der Waals surface area contributed by atoms with Crippen molar-refractivity contribution in [1.29, 1.82) is 0 Å². The van der Waals surface area contributed by atoms with Crippen molar-refractivity contribution in [2.24, 2.45) is 0 Å². The number of furan rings is 1. The van der Waals surface area contributed by atoms with Crippen molar-refractivity contribution in [2.75, 3.05) is 0 Å². The van der Waals surface area contributed by atoms with Gasteiger partial charge >= 0.3 is 0 Å². The van der Waals surface area contributed by atoms with Crippen LogP contribution in [0.25, 0.3) is 110 Å². The Morgan fingerprint density at radius 2 is 0.887 bits per heavy atom. The van der Waals surface area contributed by atoms with Crippen LogP contribution in [0.1, 0.15) is 0 Å². The van der Waals surface area contributed by atoms with Gasteiger partial charge in [-0.3, -0.25) is 0 Å². The Hall–Kier alpha value is -7.17. The molecule has 53 heavy (non-hydrogen) atoms. The quantitative estimate of drug-likeness (QED) is 0.174. The molecule has 0 N–H and O–H groups in total. The molecule has 0 unspecified atom stereocenters. The van der Waals surface area contributed by atoms with E-state index in [9.17, 15) is 0 Å². The SMILES string of the molecule is c1ccc(-c2nc(-c3ccc4ccccc4c3)nc(-c3ccc4c(c3)oc3c(-c5cc6ccccc6c6ccccc56)c5ccccc5cc34)n2)cc1. The van der Waals surface area contributed by atoms with Gasteiger partial charge in [0.05, 0.1) is 0 Å². The van der Waals surface area contributed by atoms with Crippen molar-refractivity contribution in [3.8, 4) is 45.3 Å². The Morgan fingerprint density at radius 1 is 0.321 bits per heavy atom. The third-order valence-electron chi connectivity index (χ3n) is 10.5. The molecule has 4 nitrogen and oxygen atoms in total. The van der Waals surface area contributed by atoms with Crippen molar-refractivity contribution >= 4 is 65.0 Å². The predicted molar refractivity (Wildman–Crippen MR) is 219 cm³/mol. The molecule has 4 heteroatoms. The third kappa shape index (κ3) is 4.80. The summed E-state index contributed by atoms with van der Waals surface area (Å²) < 4.78 is 6.98. The van der Waals surface area contributed by atoms with Crippen LogP contribution < -0.4 is 0 Å². The van der Waals surface area contributed by atoms with Crippen LogP contribution in [0.15, 0.2) is 180 Å². The maximum Gasteiger partial charge on any atom is 0.164 e.